The fourth-order valence-corrected chi connectivity index (χ4v) is 1.54. The van der Waals surface area contributed by atoms with Crippen LogP contribution in [0.1, 0.15) is 19.5 Å². The molecule has 0 aliphatic rings. The summed E-state index contributed by atoms with van der Waals surface area (Å²) in [6.45, 7) is 5.08. The Bertz CT molecular complexity index is 287. The number of nitrogens with zero attached hydrogens (tertiary/aromatic N) is 3. The number of methoxy groups -OCH3 is 1. The summed E-state index contributed by atoms with van der Waals surface area (Å²) >= 11 is 0. The largest absolute Gasteiger partial charge is 0.380 e. The summed E-state index contributed by atoms with van der Waals surface area (Å²) in [6, 6.07) is 0.289. The zero-order valence-corrected chi connectivity index (χ0v) is 9.90. The summed E-state index contributed by atoms with van der Waals surface area (Å²) in [5, 5.41) is 11.4. The van der Waals surface area contributed by atoms with Crippen LogP contribution in [0.2, 0.25) is 0 Å². The van der Waals surface area contributed by atoms with Crippen LogP contribution in [0, 0.1) is 0 Å². The van der Waals surface area contributed by atoms with E-state index in [1.165, 1.54) is 0 Å². The molecule has 5 heteroatoms. The van der Waals surface area contributed by atoms with E-state index < -0.39 is 0 Å². The summed E-state index contributed by atoms with van der Waals surface area (Å²) in [6.07, 6.45) is 2.95. The van der Waals surface area contributed by atoms with Gasteiger partial charge in [0.2, 0.25) is 0 Å². The number of aryl methyl sites for hydroxylation is 1. The highest BCUT2D eigenvalue weighted by Gasteiger charge is 2.17. The lowest BCUT2D eigenvalue weighted by Gasteiger charge is -2.22. The van der Waals surface area contributed by atoms with Crippen molar-refractivity contribution in [2.24, 2.45) is 7.05 Å². The van der Waals surface area contributed by atoms with Gasteiger partial charge < -0.3 is 10.1 Å². The number of aromatic nitrogens is 3. The van der Waals surface area contributed by atoms with Gasteiger partial charge in [-0.3, -0.25) is 4.68 Å². The molecule has 0 aromatic carbocycles. The van der Waals surface area contributed by atoms with Crippen LogP contribution in [-0.4, -0.2) is 40.8 Å². The molecule has 1 rings (SSSR count). The predicted molar refractivity (Wildman–Crippen MR) is 58.6 cm³/mol. The maximum Gasteiger partial charge on any atom is 0.0843 e. The first kappa shape index (κ1) is 12.1. The van der Waals surface area contributed by atoms with Gasteiger partial charge in [-0.15, -0.1) is 5.10 Å². The van der Waals surface area contributed by atoms with Crippen molar-refractivity contribution < 1.29 is 4.74 Å². The van der Waals surface area contributed by atoms with Crippen LogP contribution < -0.4 is 5.32 Å². The third kappa shape index (κ3) is 3.60. The fourth-order valence-electron chi connectivity index (χ4n) is 1.54. The molecule has 1 aromatic rings. The van der Waals surface area contributed by atoms with E-state index in [2.05, 4.69) is 29.5 Å². The second-order valence-corrected chi connectivity index (χ2v) is 3.69. The van der Waals surface area contributed by atoms with E-state index in [1.807, 2.05) is 13.2 Å². The Labute approximate surface area is 90.8 Å². The molecule has 5 nitrogen and oxygen atoms in total. The number of hydrogen-bond acceptors (Lipinski definition) is 4. The van der Waals surface area contributed by atoms with Crippen molar-refractivity contribution in [2.45, 2.75) is 32.4 Å². The van der Waals surface area contributed by atoms with Crippen LogP contribution in [0.25, 0.3) is 0 Å². The molecule has 0 radical (unpaired) electrons. The molecular formula is C10H20N4O. The molecule has 1 N–H and O–H groups in total. The van der Waals surface area contributed by atoms with Crippen molar-refractivity contribution in [3.63, 3.8) is 0 Å². The average Bonchev–Trinajstić information content (AvgIpc) is 2.62. The Kier molecular flexibility index (Phi) is 4.71. The van der Waals surface area contributed by atoms with Crippen LogP contribution in [0.4, 0.5) is 0 Å². The van der Waals surface area contributed by atoms with E-state index >= 15 is 0 Å². The van der Waals surface area contributed by atoms with Gasteiger partial charge in [0.1, 0.15) is 0 Å². The number of likely N-dealkylation sites (N-methyl/N-ethyl adjacent to an activating group) is 1. The minimum Gasteiger partial charge on any atom is -0.380 e. The maximum absolute atomic E-state index is 5.33. The van der Waals surface area contributed by atoms with Crippen molar-refractivity contribution in [3.8, 4) is 0 Å². The standard InChI is InChI=1S/C10H20N4O/c1-5-11-10(8(2)15-4)6-9-7-14(3)13-12-9/h7-8,10-11H,5-6H2,1-4H3. The van der Waals surface area contributed by atoms with Crippen molar-refractivity contribution in [2.75, 3.05) is 13.7 Å². The molecule has 1 heterocycles. The minimum atomic E-state index is 0.173. The third-order valence-electron chi connectivity index (χ3n) is 2.48. The summed E-state index contributed by atoms with van der Waals surface area (Å²) in [5.41, 5.74) is 0.993. The Hall–Kier alpha value is -0.940. The molecule has 0 aliphatic heterocycles. The molecule has 0 fully saturated rings. The predicted octanol–water partition coefficient (Wildman–Crippen LogP) is 0.371. The van der Waals surface area contributed by atoms with Gasteiger partial charge in [-0.1, -0.05) is 12.1 Å². The molecule has 0 saturated carbocycles. The Morgan fingerprint density at radius 1 is 1.60 bits per heavy atom. The van der Waals surface area contributed by atoms with Gasteiger partial charge in [-0.25, -0.2) is 0 Å². The minimum absolute atomic E-state index is 0.173. The van der Waals surface area contributed by atoms with Gasteiger partial charge in [0.15, 0.2) is 0 Å². The van der Waals surface area contributed by atoms with Crippen LogP contribution in [0.3, 0.4) is 0 Å². The first-order valence-corrected chi connectivity index (χ1v) is 5.28. The molecule has 0 saturated heterocycles. The number of hydrogen-bond donors (Lipinski definition) is 1. The SMILES string of the molecule is CCNC(Cc1cn(C)nn1)C(C)OC. The highest BCUT2D eigenvalue weighted by molar-refractivity contribution is 4.97. The highest BCUT2D eigenvalue weighted by Crippen LogP contribution is 2.05. The molecule has 0 amide bonds. The zero-order chi connectivity index (χ0) is 11.3. The Balaban J connectivity index is 2.57. The smallest absolute Gasteiger partial charge is 0.0843 e. The van der Waals surface area contributed by atoms with E-state index in [0.717, 1.165) is 18.7 Å². The summed E-state index contributed by atoms with van der Waals surface area (Å²) in [5.74, 6) is 0. The monoisotopic (exact) mass is 212 g/mol. The topological polar surface area (TPSA) is 52.0 Å². The van der Waals surface area contributed by atoms with Crippen molar-refractivity contribution >= 4 is 0 Å². The first-order chi connectivity index (χ1) is 7.17. The van der Waals surface area contributed by atoms with Gasteiger partial charge in [0.25, 0.3) is 0 Å². The molecular weight excluding hydrogens is 192 g/mol. The van der Waals surface area contributed by atoms with Crippen LogP contribution >= 0.6 is 0 Å². The fraction of sp³-hybridized carbons (Fsp3) is 0.800. The molecule has 2 atom stereocenters. The van der Waals surface area contributed by atoms with E-state index in [0.29, 0.717) is 0 Å². The molecule has 86 valence electrons. The van der Waals surface area contributed by atoms with Crippen LogP contribution in [0.5, 0.6) is 0 Å². The van der Waals surface area contributed by atoms with E-state index in [-0.39, 0.29) is 12.1 Å². The molecule has 2 unspecified atom stereocenters. The summed E-state index contributed by atoms with van der Waals surface area (Å²) in [4.78, 5) is 0. The molecule has 0 spiro atoms. The lowest BCUT2D eigenvalue weighted by molar-refractivity contribution is 0.0833. The van der Waals surface area contributed by atoms with Gasteiger partial charge in [0, 0.05) is 32.8 Å². The lowest BCUT2D eigenvalue weighted by atomic mass is 10.1. The number of nitrogens with one attached hydrogen (secondary N) is 1. The third-order valence-corrected chi connectivity index (χ3v) is 2.48. The normalized spacial score (nSPS) is 15.2. The summed E-state index contributed by atoms with van der Waals surface area (Å²) in [7, 11) is 3.60. The molecule has 0 bridgehead atoms. The van der Waals surface area contributed by atoms with E-state index in [4.69, 9.17) is 4.74 Å². The van der Waals surface area contributed by atoms with Crippen LogP contribution in [0.15, 0.2) is 6.20 Å². The second kappa shape index (κ2) is 5.82. The first-order valence-electron chi connectivity index (χ1n) is 5.28. The Morgan fingerprint density at radius 3 is 2.80 bits per heavy atom. The van der Waals surface area contributed by atoms with Crippen LogP contribution in [-0.2, 0) is 18.2 Å². The Morgan fingerprint density at radius 2 is 2.33 bits per heavy atom. The van der Waals surface area contributed by atoms with Gasteiger partial charge in [-0.2, -0.15) is 0 Å². The number of ether oxygens (including phenoxy) is 1. The lowest BCUT2D eigenvalue weighted by Crippen LogP contribution is -2.41. The van der Waals surface area contributed by atoms with E-state index in [1.54, 1.807) is 11.8 Å². The number of rotatable bonds is 6. The van der Waals surface area contributed by atoms with Gasteiger partial charge in [-0.05, 0) is 13.5 Å². The summed E-state index contributed by atoms with van der Waals surface area (Å²) < 4.78 is 7.04. The van der Waals surface area contributed by atoms with E-state index in [9.17, 15) is 0 Å². The second-order valence-electron chi connectivity index (χ2n) is 3.69. The molecule has 0 aliphatic carbocycles. The average molecular weight is 212 g/mol. The highest BCUT2D eigenvalue weighted by atomic mass is 16.5. The van der Waals surface area contributed by atoms with Gasteiger partial charge >= 0.3 is 0 Å². The molecule has 1 aromatic heterocycles. The van der Waals surface area contributed by atoms with Crippen molar-refractivity contribution in [3.05, 3.63) is 11.9 Å². The van der Waals surface area contributed by atoms with Gasteiger partial charge in [0.05, 0.1) is 11.8 Å². The zero-order valence-electron chi connectivity index (χ0n) is 9.90. The molecule has 15 heavy (non-hydrogen) atoms. The maximum atomic E-state index is 5.33. The quantitative estimate of drug-likeness (QED) is 0.740. The van der Waals surface area contributed by atoms with Crippen molar-refractivity contribution in [1.29, 1.82) is 0 Å². The van der Waals surface area contributed by atoms with Crippen molar-refractivity contribution in [1.82, 2.24) is 20.3 Å².